The summed E-state index contributed by atoms with van der Waals surface area (Å²) in [5.41, 5.74) is -0.580. The van der Waals surface area contributed by atoms with Gasteiger partial charge in [-0.25, -0.2) is 21.6 Å². The molecule has 2 N–H and O–H groups in total. The number of hydrogen-bond donors (Lipinski definition) is 2. The molecule has 1 rings (SSSR count). The topological polar surface area (TPSA) is 118 Å². The minimum Gasteiger partial charge on any atom is -0.481 e. The summed E-state index contributed by atoms with van der Waals surface area (Å²) in [5.74, 6) is -1.64. The summed E-state index contributed by atoms with van der Waals surface area (Å²) in [6.07, 6.45) is -0.288. The number of carboxylic acid groups (broad SMARTS) is 1. The maximum absolute atomic E-state index is 12.2. The number of carbonyl (C=O) groups is 1. The van der Waals surface area contributed by atoms with E-state index in [0.717, 1.165) is 0 Å². The Balaban J connectivity index is 2.90. The van der Waals surface area contributed by atoms with Gasteiger partial charge in [-0.2, -0.15) is 0 Å². The van der Waals surface area contributed by atoms with Crippen LogP contribution < -0.4 is 4.72 Å². The molecule has 0 aromatic rings. The van der Waals surface area contributed by atoms with Crippen molar-refractivity contribution in [1.82, 2.24) is 4.72 Å². The molecule has 118 valence electrons. The average molecular weight is 327 g/mol. The smallest absolute Gasteiger partial charge is 0.304 e. The fourth-order valence-electron chi connectivity index (χ4n) is 2.00. The van der Waals surface area contributed by atoms with Crippen LogP contribution in [0.2, 0.25) is 0 Å². The number of aliphatic carboxylic acids is 1. The quantitative estimate of drug-likeness (QED) is 0.733. The van der Waals surface area contributed by atoms with Gasteiger partial charge in [0.15, 0.2) is 9.84 Å². The number of hydrogen-bond acceptors (Lipinski definition) is 5. The minimum atomic E-state index is -3.85. The van der Waals surface area contributed by atoms with Gasteiger partial charge in [0.25, 0.3) is 0 Å². The first-order valence-electron chi connectivity index (χ1n) is 6.27. The highest BCUT2D eigenvalue weighted by molar-refractivity contribution is 7.95. The van der Waals surface area contributed by atoms with Crippen LogP contribution in [0.15, 0.2) is 0 Å². The van der Waals surface area contributed by atoms with E-state index in [0.29, 0.717) is 0 Å². The van der Waals surface area contributed by atoms with Gasteiger partial charge in [-0.05, 0) is 11.8 Å². The van der Waals surface area contributed by atoms with Crippen LogP contribution in [0.25, 0.3) is 0 Å². The minimum absolute atomic E-state index is 0.0571. The van der Waals surface area contributed by atoms with Crippen molar-refractivity contribution in [2.45, 2.75) is 44.9 Å². The van der Waals surface area contributed by atoms with Crippen LogP contribution in [-0.4, -0.2) is 50.7 Å². The molecular formula is C11H21NO6S2. The molecule has 0 saturated carbocycles. The summed E-state index contributed by atoms with van der Waals surface area (Å²) in [7, 11) is -7.16. The zero-order chi connectivity index (χ0) is 15.8. The summed E-state index contributed by atoms with van der Waals surface area (Å²) in [6, 6.07) is -0.784. The van der Waals surface area contributed by atoms with Crippen molar-refractivity contribution >= 4 is 25.8 Å². The van der Waals surface area contributed by atoms with Crippen molar-refractivity contribution in [2.75, 3.05) is 11.5 Å². The second-order valence-corrected chi connectivity index (χ2v) is 10.4. The summed E-state index contributed by atoms with van der Waals surface area (Å²) >= 11 is 0. The van der Waals surface area contributed by atoms with Gasteiger partial charge in [0, 0.05) is 6.04 Å². The van der Waals surface area contributed by atoms with Crippen LogP contribution >= 0.6 is 0 Å². The van der Waals surface area contributed by atoms with E-state index in [4.69, 9.17) is 5.11 Å². The second kappa shape index (κ2) is 5.61. The van der Waals surface area contributed by atoms with E-state index in [1.807, 2.05) is 0 Å². The molecule has 0 bridgehead atoms. The molecule has 1 aliphatic heterocycles. The number of sulfone groups is 1. The van der Waals surface area contributed by atoms with Crippen LogP contribution in [0.1, 0.15) is 33.6 Å². The summed E-state index contributed by atoms with van der Waals surface area (Å²) in [4.78, 5) is 10.8. The normalized spacial score (nSPS) is 24.4. The van der Waals surface area contributed by atoms with Gasteiger partial charge in [0.05, 0.1) is 23.2 Å². The van der Waals surface area contributed by atoms with E-state index in [-0.39, 0.29) is 18.6 Å². The summed E-state index contributed by atoms with van der Waals surface area (Å²) in [5, 5.41) is 7.87. The standard InChI is InChI=1S/C11H21NO6S2/c1-11(2,3)9(6-10(13)14)12-20(17,18)8-4-5-19(15,16)7-8/h8-9,12H,4-7H2,1-3H3,(H,13,14). The van der Waals surface area contributed by atoms with Gasteiger partial charge in [0.1, 0.15) is 0 Å². The largest absolute Gasteiger partial charge is 0.481 e. The fourth-order valence-corrected chi connectivity index (χ4v) is 6.48. The molecule has 1 aliphatic rings. The lowest BCUT2D eigenvalue weighted by Crippen LogP contribution is -2.48. The van der Waals surface area contributed by atoms with E-state index >= 15 is 0 Å². The van der Waals surface area contributed by atoms with E-state index in [1.54, 1.807) is 20.8 Å². The second-order valence-electron chi connectivity index (χ2n) is 6.20. The third kappa shape index (κ3) is 4.71. The average Bonchev–Trinajstić information content (AvgIpc) is 2.56. The molecule has 0 aliphatic carbocycles. The molecule has 2 unspecified atom stereocenters. The Morgan fingerprint density at radius 3 is 2.30 bits per heavy atom. The number of rotatable bonds is 5. The van der Waals surface area contributed by atoms with Crippen molar-refractivity contribution in [3.63, 3.8) is 0 Å². The number of sulfonamides is 1. The zero-order valence-electron chi connectivity index (χ0n) is 11.8. The maximum Gasteiger partial charge on any atom is 0.304 e. The molecule has 0 radical (unpaired) electrons. The first-order valence-corrected chi connectivity index (χ1v) is 9.63. The summed E-state index contributed by atoms with van der Waals surface area (Å²) in [6.45, 7) is 5.19. The first kappa shape index (κ1) is 17.4. The summed E-state index contributed by atoms with van der Waals surface area (Å²) < 4.78 is 49.5. The molecule has 20 heavy (non-hydrogen) atoms. The molecule has 1 saturated heterocycles. The molecule has 0 aromatic carbocycles. The Hall–Kier alpha value is -0.670. The lowest BCUT2D eigenvalue weighted by atomic mass is 9.85. The van der Waals surface area contributed by atoms with E-state index in [9.17, 15) is 21.6 Å². The van der Waals surface area contributed by atoms with E-state index in [1.165, 1.54) is 0 Å². The van der Waals surface area contributed by atoms with Crippen molar-refractivity contribution in [2.24, 2.45) is 5.41 Å². The van der Waals surface area contributed by atoms with Gasteiger partial charge in [-0.15, -0.1) is 0 Å². The molecule has 0 amide bonds. The lowest BCUT2D eigenvalue weighted by Gasteiger charge is -2.31. The predicted molar refractivity (Wildman–Crippen MR) is 74.6 cm³/mol. The number of nitrogens with one attached hydrogen (secondary N) is 1. The van der Waals surface area contributed by atoms with Crippen LogP contribution in [0.3, 0.4) is 0 Å². The first-order chi connectivity index (χ1) is 8.83. The molecule has 9 heteroatoms. The highest BCUT2D eigenvalue weighted by Gasteiger charge is 2.40. The van der Waals surface area contributed by atoms with Gasteiger partial charge < -0.3 is 5.11 Å². The maximum atomic E-state index is 12.2. The zero-order valence-corrected chi connectivity index (χ0v) is 13.4. The van der Waals surface area contributed by atoms with Crippen molar-refractivity contribution in [1.29, 1.82) is 0 Å². The van der Waals surface area contributed by atoms with Gasteiger partial charge in [-0.3, -0.25) is 4.79 Å². The third-order valence-electron chi connectivity index (χ3n) is 3.36. The SMILES string of the molecule is CC(C)(C)C(CC(=O)O)NS(=O)(=O)C1CCS(=O)(=O)C1. The highest BCUT2D eigenvalue weighted by atomic mass is 32.2. The predicted octanol–water partition coefficient (Wildman–Crippen LogP) is -0.0177. The van der Waals surface area contributed by atoms with Gasteiger partial charge in [0.2, 0.25) is 10.0 Å². The molecule has 1 fully saturated rings. The monoisotopic (exact) mass is 327 g/mol. The van der Waals surface area contributed by atoms with Gasteiger partial charge in [-0.1, -0.05) is 20.8 Å². The van der Waals surface area contributed by atoms with Crippen LogP contribution in [0.4, 0.5) is 0 Å². The third-order valence-corrected chi connectivity index (χ3v) is 7.23. The van der Waals surface area contributed by atoms with Crippen LogP contribution in [0.5, 0.6) is 0 Å². The Labute approximate surface area is 119 Å². The van der Waals surface area contributed by atoms with Crippen molar-refractivity contribution in [3.05, 3.63) is 0 Å². The Morgan fingerprint density at radius 1 is 1.40 bits per heavy atom. The molecule has 0 spiro atoms. The van der Waals surface area contributed by atoms with E-state index in [2.05, 4.69) is 4.72 Å². The Kier molecular flexibility index (Phi) is 4.87. The van der Waals surface area contributed by atoms with Crippen molar-refractivity contribution in [3.8, 4) is 0 Å². The van der Waals surface area contributed by atoms with Crippen molar-refractivity contribution < 1.29 is 26.7 Å². The molecule has 0 aromatic heterocycles. The molecule has 1 heterocycles. The van der Waals surface area contributed by atoms with Crippen LogP contribution in [-0.2, 0) is 24.7 Å². The lowest BCUT2D eigenvalue weighted by molar-refractivity contribution is -0.138. The van der Waals surface area contributed by atoms with Crippen LogP contribution in [0, 0.1) is 5.41 Å². The van der Waals surface area contributed by atoms with E-state index < -0.39 is 48.3 Å². The highest BCUT2D eigenvalue weighted by Crippen LogP contribution is 2.25. The fraction of sp³-hybridized carbons (Fsp3) is 0.909. The molecule has 2 atom stereocenters. The number of carboxylic acids is 1. The Morgan fingerprint density at radius 2 is 1.95 bits per heavy atom. The molecular weight excluding hydrogens is 306 g/mol. The molecule has 7 nitrogen and oxygen atoms in total. The van der Waals surface area contributed by atoms with Gasteiger partial charge >= 0.3 is 5.97 Å². The Bertz CT molecular complexity index is 573.